The van der Waals surface area contributed by atoms with Crippen molar-refractivity contribution < 1.29 is 4.42 Å². The van der Waals surface area contributed by atoms with Crippen LogP contribution >= 0.6 is 11.3 Å². The third kappa shape index (κ3) is 3.43. The van der Waals surface area contributed by atoms with Crippen molar-refractivity contribution in [2.45, 2.75) is 19.9 Å². The Morgan fingerprint density at radius 3 is 2.72 bits per heavy atom. The van der Waals surface area contributed by atoms with E-state index in [-0.39, 0.29) is 6.04 Å². The summed E-state index contributed by atoms with van der Waals surface area (Å²) in [7, 11) is 0. The average molecular weight is 355 g/mol. The molecule has 0 unspecified atom stereocenters. The summed E-state index contributed by atoms with van der Waals surface area (Å²) in [6, 6.07) is 8.25. The minimum Gasteiger partial charge on any atom is -0.419 e. The monoisotopic (exact) mass is 355 g/mol. The minimum atomic E-state index is 0.115. The van der Waals surface area contributed by atoms with Crippen molar-refractivity contribution in [3.05, 3.63) is 47.3 Å². The van der Waals surface area contributed by atoms with Crippen molar-refractivity contribution in [2.24, 2.45) is 0 Å². The zero-order valence-corrected chi connectivity index (χ0v) is 15.2. The number of aryl methyl sites for hydroxylation is 1. The maximum absolute atomic E-state index is 5.95. The molecule has 1 saturated heterocycles. The smallest absolute Gasteiger partial charge is 0.247 e. The molecule has 1 aliphatic heterocycles. The molecule has 6 nitrogen and oxygen atoms in total. The fraction of sp³-hybridized carbons (Fsp3) is 0.389. The average Bonchev–Trinajstić information content (AvgIpc) is 3.33. The standard InChI is InChI=1S/C18H21N5OS/c1-13-4-3-5-15(12-13)17-21-20-16(24-17)14(2)22-7-9-23(10-8-22)18-19-6-11-25-18/h3-6,11-12,14H,7-10H2,1-2H3/t14-/m1/s1. The summed E-state index contributed by atoms with van der Waals surface area (Å²) in [6.45, 7) is 8.05. The maximum Gasteiger partial charge on any atom is 0.247 e. The molecule has 0 radical (unpaired) electrons. The van der Waals surface area contributed by atoms with E-state index in [2.05, 4.69) is 51.0 Å². The summed E-state index contributed by atoms with van der Waals surface area (Å²) < 4.78 is 5.95. The van der Waals surface area contributed by atoms with Crippen molar-refractivity contribution in [3.8, 4) is 11.5 Å². The van der Waals surface area contributed by atoms with Gasteiger partial charge in [0.25, 0.3) is 0 Å². The Bertz CT molecular complexity index is 824. The Morgan fingerprint density at radius 2 is 2.00 bits per heavy atom. The predicted molar refractivity (Wildman–Crippen MR) is 98.8 cm³/mol. The number of anilines is 1. The van der Waals surface area contributed by atoms with Crippen LogP contribution in [0, 0.1) is 6.92 Å². The number of aromatic nitrogens is 3. The molecular weight excluding hydrogens is 334 g/mol. The molecular formula is C18H21N5OS. The lowest BCUT2D eigenvalue weighted by Crippen LogP contribution is -2.47. The zero-order valence-electron chi connectivity index (χ0n) is 14.4. The van der Waals surface area contributed by atoms with Gasteiger partial charge in [-0.2, -0.15) is 0 Å². The molecule has 1 aromatic carbocycles. The van der Waals surface area contributed by atoms with Crippen LogP contribution in [0.1, 0.15) is 24.4 Å². The summed E-state index contributed by atoms with van der Waals surface area (Å²) in [5.74, 6) is 1.27. The van der Waals surface area contributed by atoms with Gasteiger partial charge in [0.1, 0.15) is 0 Å². The fourth-order valence-electron chi connectivity index (χ4n) is 3.13. The van der Waals surface area contributed by atoms with Gasteiger partial charge in [-0.1, -0.05) is 17.7 Å². The van der Waals surface area contributed by atoms with E-state index in [9.17, 15) is 0 Å². The lowest BCUT2D eigenvalue weighted by atomic mass is 10.1. The number of hydrogen-bond acceptors (Lipinski definition) is 7. The molecule has 2 aromatic heterocycles. The molecule has 0 N–H and O–H groups in total. The first-order valence-electron chi connectivity index (χ1n) is 8.49. The third-order valence-electron chi connectivity index (χ3n) is 4.61. The first-order valence-corrected chi connectivity index (χ1v) is 9.37. The van der Waals surface area contributed by atoms with Crippen LogP contribution in [0.25, 0.3) is 11.5 Å². The van der Waals surface area contributed by atoms with E-state index in [4.69, 9.17) is 4.42 Å². The molecule has 0 aliphatic carbocycles. The highest BCUT2D eigenvalue weighted by atomic mass is 32.1. The first-order chi connectivity index (χ1) is 12.2. The van der Waals surface area contributed by atoms with Gasteiger partial charge in [0.05, 0.1) is 6.04 Å². The molecule has 1 atom stereocenters. The normalized spacial score (nSPS) is 17.0. The Morgan fingerprint density at radius 1 is 1.16 bits per heavy atom. The highest BCUT2D eigenvalue weighted by Gasteiger charge is 2.26. The van der Waals surface area contributed by atoms with Gasteiger partial charge in [-0.15, -0.1) is 21.5 Å². The van der Waals surface area contributed by atoms with Gasteiger partial charge in [-0.3, -0.25) is 4.90 Å². The Balaban J connectivity index is 1.43. The van der Waals surface area contributed by atoms with Gasteiger partial charge in [0.2, 0.25) is 11.8 Å². The molecule has 0 amide bonds. The van der Waals surface area contributed by atoms with Crippen LogP contribution < -0.4 is 4.90 Å². The van der Waals surface area contributed by atoms with E-state index in [1.165, 1.54) is 5.56 Å². The molecule has 1 fully saturated rings. The molecule has 7 heteroatoms. The maximum atomic E-state index is 5.95. The largest absolute Gasteiger partial charge is 0.419 e. The molecule has 4 rings (SSSR count). The van der Waals surface area contributed by atoms with Crippen molar-refractivity contribution >= 4 is 16.5 Å². The van der Waals surface area contributed by atoms with Crippen LogP contribution in [0.4, 0.5) is 5.13 Å². The van der Waals surface area contributed by atoms with E-state index in [0.29, 0.717) is 11.8 Å². The van der Waals surface area contributed by atoms with Crippen LogP contribution in [-0.2, 0) is 0 Å². The number of rotatable bonds is 4. The van der Waals surface area contributed by atoms with E-state index in [0.717, 1.165) is 36.9 Å². The van der Waals surface area contributed by atoms with E-state index >= 15 is 0 Å². The lowest BCUT2D eigenvalue weighted by molar-refractivity contribution is 0.173. The minimum absolute atomic E-state index is 0.115. The summed E-state index contributed by atoms with van der Waals surface area (Å²) in [5, 5.41) is 11.6. The third-order valence-corrected chi connectivity index (χ3v) is 5.45. The SMILES string of the molecule is Cc1cccc(-c2nnc([C@@H](C)N3CCN(c4nccs4)CC3)o2)c1. The summed E-state index contributed by atoms with van der Waals surface area (Å²) >= 11 is 1.69. The van der Waals surface area contributed by atoms with Crippen molar-refractivity contribution in [1.82, 2.24) is 20.1 Å². The Hall–Kier alpha value is -2.25. The highest BCUT2D eigenvalue weighted by molar-refractivity contribution is 7.13. The van der Waals surface area contributed by atoms with Crippen molar-refractivity contribution in [1.29, 1.82) is 0 Å². The van der Waals surface area contributed by atoms with Crippen LogP contribution in [0.2, 0.25) is 0 Å². The second-order valence-corrected chi connectivity index (χ2v) is 7.20. The van der Waals surface area contributed by atoms with Crippen LogP contribution in [-0.4, -0.2) is 46.3 Å². The Kier molecular flexibility index (Phi) is 4.50. The lowest BCUT2D eigenvalue weighted by Gasteiger charge is -2.36. The van der Waals surface area contributed by atoms with Gasteiger partial charge in [-0.05, 0) is 26.0 Å². The van der Waals surface area contributed by atoms with Gasteiger partial charge < -0.3 is 9.32 Å². The summed E-state index contributed by atoms with van der Waals surface area (Å²) in [5.41, 5.74) is 2.16. The topological polar surface area (TPSA) is 58.3 Å². The molecule has 0 bridgehead atoms. The number of thiazole rings is 1. The van der Waals surface area contributed by atoms with E-state index in [1.54, 1.807) is 11.3 Å². The zero-order chi connectivity index (χ0) is 17.2. The second kappa shape index (κ2) is 6.93. The van der Waals surface area contributed by atoms with Crippen LogP contribution in [0.3, 0.4) is 0 Å². The molecule has 25 heavy (non-hydrogen) atoms. The molecule has 0 saturated carbocycles. The molecule has 0 spiro atoms. The quantitative estimate of drug-likeness (QED) is 0.715. The second-order valence-electron chi connectivity index (χ2n) is 6.33. The summed E-state index contributed by atoms with van der Waals surface area (Å²) in [4.78, 5) is 9.12. The van der Waals surface area contributed by atoms with E-state index < -0.39 is 0 Å². The van der Waals surface area contributed by atoms with Gasteiger partial charge in [0, 0.05) is 43.3 Å². The van der Waals surface area contributed by atoms with Gasteiger partial charge >= 0.3 is 0 Å². The molecule has 130 valence electrons. The Labute approximate surface area is 151 Å². The fourth-order valence-corrected chi connectivity index (χ4v) is 3.82. The van der Waals surface area contributed by atoms with Gasteiger partial charge in [-0.25, -0.2) is 4.98 Å². The molecule has 3 aromatic rings. The van der Waals surface area contributed by atoms with Crippen molar-refractivity contribution in [2.75, 3.05) is 31.1 Å². The number of benzene rings is 1. The predicted octanol–water partition coefficient (Wildman–Crippen LogP) is 3.38. The van der Waals surface area contributed by atoms with Crippen molar-refractivity contribution in [3.63, 3.8) is 0 Å². The summed E-state index contributed by atoms with van der Waals surface area (Å²) in [6.07, 6.45) is 1.86. The first kappa shape index (κ1) is 16.2. The van der Waals surface area contributed by atoms with Gasteiger partial charge in [0.15, 0.2) is 5.13 Å². The number of piperazine rings is 1. The van der Waals surface area contributed by atoms with Crippen LogP contribution in [0.5, 0.6) is 0 Å². The number of hydrogen-bond donors (Lipinski definition) is 0. The number of nitrogens with zero attached hydrogens (tertiary/aromatic N) is 5. The molecule has 3 heterocycles. The highest BCUT2D eigenvalue weighted by Crippen LogP contribution is 2.26. The van der Waals surface area contributed by atoms with Crippen LogP contribution in [0.15, 0.2) is 40.3 Å². The molecule has 1 aliphatic rings. The van der Waals surface area contributed by atoms with E-state index in [1.807, 2.05) is 23.7 Å².